The van der Waals surface area contributed by atoms with Crippen LogP contribution in [0.1, 0.15) is 41.4 Å². The first kappa shape index (κ1) is 12.6. The molecule has 5 nitrogen and oxygen atoms in total. The lowest BCUT2D eigenvalue weighted by Crippen LogP contribution is -2.46. The average molecular weight is 248 g/mol. The standard InChI is InChI=1S/C13H16N2O3/c1-13(2)6-15-10(11(14)16)8-4-3-7(12(17)18)5-9(8)13/h3-5,10,15H,6H2,1-2H3,(H2,14,16)(H,17,18). The lowest BCUT2D eigenvalue weighted by atomic mass is 9.76. The molecule has 0 aromatic heterocycles. The summed E-state index contributed by atoms with van der Waals surface area (Å²) >= 11 is 0. The zero-order valence-corrected chi connectivity index (χ0v) is 10.4. The largest absolute Gasteiger partial charge is 0.478 e. The maximum atomic E-state index is 11.4. The summed E-state index contributed by atoms with van der Waals surface area (Å²) in [7, 11) is 0. The lowest BCUT2D eigenvalue weighted by molar-refractivity contribution is -0.120. The van der Waals surface area contributed by atoms with E-state index in [9.17, 15) is 9.59 Å². The van der Waals surface area contributed by atoms with Crippen molar-refractivity contribution in [2.24, 2.45) is 5.73 Å². The van der Waals surface area contributed by atoms with Crippen LogP contribution < -0.4 is 11.1 Å². The van der Waals surface area contributed by atoms with Gasteiger partial charge in [-0.2, -0.15) is 0 Å². The molecule has 1 unspecified atom stereocenters. The van der Waals surface area contributed by atoms with Gasteiger partial charge in [-0.3, -0.25) is 4.79 Å². The van der Waals surface area contributed by atoms with Gasteiger partial charge in [0.25, 0.3) is 0 Å². The summed E-state index contributed by atoms with van der Waals surface area (Å²) in [5.74, 6) is -1.42. The number of fused-ring (bicyclic) bond motifs is 1. The Morgan fingerprint density at radius 3 is 2.67 bits per heavy atom. The fourth-order valence-electron chi connectivity index (χ4n) is 2.34. The minimum absolute atomic E-state index is 0.229. The number of primary amides is 1. The Bertz CT molecular complexity index is 523. The fourth-order valence-corrected chi connectivity index (χ4v) is 2.34. The molecule has 1 aromatic carbocycles. The summed E-state index contributed by atoms with van der Waals surface area (Å²) in [5.41, 5.74) is 6.98. The van der Waals surface area contributed by atoms with Crippen LogP contribution >= 0.6 is 0 Å². The van der Waals surface area contributed by atoms with Crippen molar-refractivity contribution in [1.82, 2.24) is 5.32 Å². The maximum absolute atomic E-state index is 11.4. The lowest BCUT2D eigenvalue weighted by Gasteiger charge is -2.37. The number of hydrogen-bond donors (Lipinski definition) is 3. The topological polar surface area (TPSA) is 92.4 Å². The second-order valence-electron chi connectivity index (χ2n) is 5.21. The normalized spacial score (nSPS) is 21.1. The molecule has 0 saturated carbocycles. The number of aromatic carboxylic acids is 1. The van der Waals surface area contributed by atoms with Crippen molar-refractivity contribution in [3.63, 3.8) is 0 Å². The molecule has 0 aliphatic carbocycles. The molecule has 1 aliphatic heterocycles. The molecule has 0 fully saturated rings. The Hall–Kier alpha value is -1.88. The van der Waals surface area contributed by atoms with Crippen molar-refractivity contribution < 1.29 is 14.7 Å². The highest BCUT2D eigenvalue weighted by atomic mass is 16.4. The van der Waals surface area contributed by atoms with Gasteiger partial charge in [0.05, 0.1) is 5.56 Å². The molecule has 96 valence electrons. The van der Waals surface area contributed by atoms with Gasteiger partial charge in [-0.25, -0.2) is 4.79 Å². The van der Waals surface area contributed by atoms with Gasteiger partial charge in [0.15, 0.2) is 0 Å². The maximum Gasteiger partial charge on any atom is 0.335 e. The first-order valence-corrected chi connectivity index (χ1v) is 5.73. The van der Waals surface area contributed by atoms with E-state index in [0.717, 1.165) is 11.1 Å². The Kier molecular flexibility index (Phi) is 2.86. The van der Waals surface area contributed by atoms with Crippen LogP contribution in [0.4, 0.5) is 0 Å². The van der Waals surface area contributed by atoms with Crippen LogP contribution in [0.15, 0.2) is 18.2 Å². The molecule has 0 saturated heterocycles. The van der Waals surface area contributed by atoms with Crippen LogP contribution in [0.3, 0.4) is 0 Å². The zero-order chi connectivity index (χ0) is 13.5. The number of carboxylic acid groups (broad SMARTS) is 1. The van der Waals surface area contributed by atoms with Crippen molar-refractivity contribution in [2.45, 2.75) is 25.3 Å². The molecule has 1 aliphatic rings. The van der Waals surface area contributed by atoms with Gasteiger partial charge < -0.3 is 16.2 Å². The number of carboxylic acids is 1. The summed E-state index contributed by atoms with van der Waals surface area (Å²) in [6.45, 7) is 4.58. The number of rotatable bonds is 2. The Morgan fingerprint density at radius 2 is 2.11 bits per heavy atom. The van der Waals surface area contributed by atoms with Gasteiger partial charge in [-0.1, -0.05) is 19.9 Å². The predicted octanol–water partition coefficient (Wildman–Crippen LogP) is 0.792. The van der Waals surface area contributed by atoms with Crippen molar-refractivity contribution in [1.29, 1.82) is 0 Å². The third-order valence-electron chi connectivity index (χ3n) is 3.37. The van der Waals surface area contributed by atoms with Crippen molar-refractivity contribution in [2.75, 3.05) is 6.54 Å². The van der Waals surface area contributed by atoms with Gasteiger partial charge >= 0.3 is 5.97 Å². The third kappa shape index (κ3) is 1.97. The van der Waals surface area contributed by atoms with E-state index < -0.39 is 17.9 Å². The summed E-state index contributed by atoms with van der Waals surface area (Å²) in [6.07, 6.45) is 0. The van der Waals surface area contributed by atoms with E-state index >= 15 is 0 Å². The van der Waals surface area contributed by atoms with Gasteiger partial charge in [0, 0.05) is 12.0 Å². The van der Waals surface area contributed by atoms with Gasteiger partial charge in [0.1, 0.15) is 6.04 Å². The number of carbonyl (C=O) groups excluding carboxylic acids is 1. The van der Waals surface area contributed by atoms with Crippen LogP contribution in [0.2, 0.25) is 0 Å². The van der Waals surface area contributed by atoms with Gasteiger partial charge in [-0.15, -0.1) is 0 Å². The van der Waals surface area contributed by atoms with Crippen LogP contribution in [-0.4, -0.2) is 23.5 Å². The molecule has 18 heavy (non-hydrogen) atoms. The van der Waals surface area contributed by atoms with Crippen LogP contribution in [-0.2, 0) is 10.2 Å². The van der Waals surface area contributed by atoms with Gasteiger partial charge in [-0.05, 0) is 23.3 Å². The summed E-state index contributed by atoms with van der Waals surface area (Å²) in [6, 6.07) is 4.26. The fraction of sp³-hybridized carbons (Fsp3) is 0.385. The molecule has 1 aromatic rings. The van der Waals surface area contributed by atoms with E-state index in [1.807, 2.05) is 13.8 Å². The Labute approximate surface area is 105 Å². The van der Waals surface area contributed by atoms with Crippen LogP contribution in [0, 0.1) is 0 Å². The number of benzene rings is 1. The van der Waals surface area contributed by atoms with Crippen molar-refractivity contribution in [3.8, 4) is 0 Å². The smallest absolute Gasteiger partial charge is 0.335 e. The number of nitrogens with two attached hydrogens (primary N) is 1. The van der Waals surface area contributed by atoms with E-state index in [0.29, 0.717) is 6.54 Å². The Morgan fingerprint density at radius 1 is 1.44 bits per heavy atom. The van der Waals surface area contributed by atoms with Crippen LogP contribution in [0.25, 0.3) is 0 Å². The first-order valence-electron chi connectivity index (χ1n) is 5.73. The molecule has 0 spiro atoms. The highest BCUT2D eigenvalue weighted by molar-refractivity contribution is 5.89. The highest BCUT2D eigenvalue weighted by Crippen LogP contribution is 2.34. The van der Waals surface area contributed by atoms with E-state index in [1.54, 1.807) is 12.1 Å². The molecule has 1 heterocycles. The summed E-state index contributed by atoms with van der Waals surface area (Å²) in [5, 5.41) is 12.1. The Balaban J connectivity index is 2.59. The molecular formula is C13H16N2O3. The molecule has 5 heteroatoms. The third-order valence-corrected chi connectivity index (χ3v) is 3.37. The number of nitrogens with one attached hydrogen (secondary N) is 1. The van der Waals surface area contributed by atoms with E-state index in [1.165, 1.54) is 6.07 Å². The SMILES string of the molecule is CC1(C)CNC(C(N)=O)c2ccc(C(=O)O)cc21. The number of amides is 1. The molecular weight excluding hydrogens is 232 g/mol. The molecule has 1 amide bonds. The summed E-state index contributed by atoms with van der Waals surface area (Å²) in [4.78, 5) is 22.4. The van der Waals surface area contributed by atoms with E-state index in [-0.39, 0.29) is 11.0 Å². The van der Waals surface area contributed by atoms with Crippen LogP contribution in [0.5, 0.6) is 0 Å². The molecule has 2 rings (SSSR count). The highest BCUT2D eigenvalue weighted by Gasteiger charge is 2.35. The second kappa shape index (κ2) is 4.10. The van der Waals surface area contributed by atoms with Gasteiger partial charge in [0.2, 0.25) is 5.91 Å². The molecule has 1 atom stereocenters. The number of hydrogen-bond acceptors (Lipinski definition) is 3. The quantitative estimate of drug-likeness (QED) is 0.721. The van der Waals surface area contributed by atoms with Crippen molar-refractivity contribution in [3.05, 3.63) is 34.9 Å². The molecule has 0 bridgehead atoms. The second-order valence-corrected chi connectivity index (χ2v) is 5.21. The van der Waals surface area contributed by atoms with E-state index in [2.05, 4.69) is 5.32 Å². The average Bonchev–Trinajstić information content (AvgIpc) is 2.28. The molecule has 4 N–H and O–H groups in total. The minimum Gasteiger partial charge on any atom is -0.478 e. The molecule has 0 radical (unpaired) electrons. The monoisotopic (exact) mass is 248 g/mol. The van der Waals surface area contributed by atoms with Crippen molar-refractivity contribution >= 4 is 11.9 Å². The number of carbonyl (C=O) groups is 2. The first-order chi connectivity index (χ1) is 8.33. The zero-order valence-electron chi connectivity index (χ0n) is 10.4. The minimum atomic E-state index is -0.970. The summed E-state index contributed by atoms with van der Waals surface area (Å²) < 4.78 is 0. The van der Waals surface area contributed by atoms with E-state index in [4.69, 9.17) is 10.8 Å². The predicted molar refractivity (Wildman–Crippen MR) is 66.4 cm³/mol.